The highest BCUT2D eigenvalue weighted by Gasteiger charge is 2.25. The van der Waals surface area contributed by atoms with Gasteiger partial charge in [-0.2, -0.15) is 10.2 Å². The molecule has 1 saturated heterocycles. The largest absolute Gasteiger partial charge is 0.387 e. The van der Waals surface area contributed by atoms with Crippen LogP contribution in [0.15, 0.2) is 24.3 Å². The summed E-state index contributed by atoms with van der Waals surface area (Å²) in [5.41, 5.74) is 3.24. The monoisotopic (exact) mass is 430 g/mol. The van der Waals surface area contributed by atoms with Crippen LogP contribution in [-0.4, -0.2) is 46.7 Å². The van der Waals surface area contributed by atoms with Gasteiger partial charge in [-0.1, -0.05) is 19.4 Å². The number of aliphatic hydroxyl groups is 1. The van der Waals surface area contributed by atoms with Gasteiger partial charge in [0.05, 0.1) is 11.6 Å². The summed E-state index contributed by atoms with van der Waals surface area (Å²) in [4.78, 5) is 22.8. The Balaban J connectivity index is 0.00000320. The zero-order valence-electron chi connectivity index (χ0n) is 17.2. The molecule has 0 saturated carbocycles. The van der Waals surface area contributed by atoms with E-state index in [1.165, 1.54) is 0 Å². The maximum absolute atomic E-state index is 11.4. The van der Waals surface area contributed by atoms with Crippen molar-refractivity contribution in [3.05, 3.63) is 41.1 Å². The van der Waals surface area contributed by atoms with Gasteiger partial charge in [-0.05, 0) is 37.5 Å². The number of rotatable bonds is 7. The third kappa shape index (κ3) is 5.81. The number of hydrogen-bond donors (Lipinski definition) is 3. The fourth-order valence-electron chi connectivity index (χ4n) is 3.39. The molecule has 2 aromatic rings. The molecule has 3 N–H and O–H groups in total. The van der Waals surface area contributed by atoms with Gasteiger partial charge in [-0.15, -0.1) is 12.4 Å². The Labute approximate surface area is 182 Å². The number of carbonyl (C=O) groups is 1. The number of nitriles is 1. The number of nitrogens with one attached hydrogen (secondary N) is 2. The standard InChI is InChI=1S/C21H26N6O2.ClH/c1-3-4-16-10-19(27-8-7-18(12-27)23-20(29)13-28)26-21(24-16)25-17-6-5-14(2)15(9-17)11-22;/h5-6,9-10,18,28H,3-4,7-8,12-13H2,1-2H3,(H,23,29)(H,24,25,26);1H/t18-;/m0./s1. The molecule has 0 spiro atoms. The number of halogens is 1. The van der Waals surface area contributed by atoms with Crippen molar-refractivity contribution in [3.63, 3.8) is 0 Å². The molecule has 160 valence electrons. The molecular weight excluding hydrogens is 404 g/mol. The summed E-state index contributed by atoms with van der Waals surface area (Å²) < 4.78 is 0. The Morgan fingerprint density at radius 1 is 1.37 bits per heavy atom. The molecule has 2 heterocycles. The number of amides is 1. The van der Waals surface area contributed by atoms with Crippen molar-refractivity contribution in [2.75, 3.05) is 29.9 Å². The molecule has 0 unspecified atom stereocenters. The van der Waals surface area contributed by atoms with Crippen molar-refractivity contribution < 1.29 is 9.90 Å². The van der Waals surface area contributed by atoms with Crippen LogP contribution in [-0.2, 0) is 11.2 Å². The minimum absolute atomic E-state index is 0. The Hall–Kier alpha value is -2.89. The molecule has 1 aliphatic heterocycles. The van der Waals surface area contributed by atoms with Crippen molar-refractivity contribution in [2.45, 2.75) is 39.2 Å². The van der Waals surface area contributed by atoms with Gasteiger partial charge >= 0.3 is 0 Å². The van der Waals surface area contributed by atoms with Crippen LogP contribution in [0.4, 0.5) is 17.5 Å². The van der Waals surface area contributed by atoms with E-state index in [0.29, 0.717) is 18.1 Å². The van der Waals surface area contributed by atoms with Gasteiger partial charge in [-0.25, -0.2) is 4.98 Å². The lowest BCUT2D eigenvalue weighted by Gasteiger charge is -2.19. The number of hydrogen-bond acceptors (Lipinski definition) is 7. The number of aryl methyl sites for hydroxylation is 2. The topological polar surface area (TPSA) is 114 Å². The summed E-state index contributed by atoms with van der Waals surface area (Å²) in [5.74, 6) is 0.932. The lowest BCUT2D eigenvalue weighted by molar-refractivity contribution is -0.124. The molecular formula is C21H27ClN6O2. The van der Waals surface area contributed by atoms with Crippen molar-refractivity contribution in [2.24, 2.45) is 0 Å². The van der Waals surface area contributed by atoms with Crippen LogP contribution in [0, 0.1) is 18.3 Å². The SMILES string of the molecule is CCCc1cc(N2CC[C@H](NC(=O)CO)C2)nc(Nc2ccc(C)c(C#N)c2)n1.Cl. The molecule has 8 nitrogen and oxygen atoms in total. The maximum Gasteiger partial charge on any atom is 0.245 e. The van der Waals surface area contributed by atoms with Crippen LogP contribution in [0.5, 0.6) is 0 Å². The molecule has 1 atom stereocenters. The van der Waals surface area contributed by atoms with Crippen LogP contribution in [0.1, 0.15) is 36.6 Å². The van der Waals surface area contributed by atoms with Crippen LogP contribution >= 0.6 is 12.4 Å². The molecule has 1 aliphatic rings. The Kier molecular flexibility index (Phi) is 8.39. The number of aliphatic hydroxyl groups excluding tert-OH is 1. The lowest BCUT2D eigenvalue weighted by atomic mass is 10.1. The van der Waals surface area contributed by atoms with E-state index < -0.39 is 6.61 Å². The summed E-state index contributed by atoms with van der Waals surface area (Å²) in [6.45, 7) is 4.90. The summed E-state index contributed by atoms with van der Waals surface area (Å²) >= 11 is 0. The highest BCUT2D eigenvalue weighted by atomic mass is 35.5. The van der Waals surface area contributed by atoms with E-state index in [2.05, 4.69) is 38.5 Å². The van der Waals surface area contributed by atoms with Crippen LogP contribution in [0.2, 0.25) is 0 Å². The first kappa shape index (κ1) is 23.4. The quantitative estimate of drug-likeness (QED) is 0.618. The second kappa shape index (κ2) is 10.8. The minimum atomic E-state index is -0.500. The molecule has 30 heavy (non-hydrogen) atoms. The molecule has 0 radical (unpaired) electrons. The highest BCUT2D eigenvalue weighted by molar-refractivity contribution is 5.85. The van der Waals surface area contributed by atoms with E-state index in [-0.39, 0.29) is 24.4 Å². The number of carbonyl (C=O) groups excluding carboxylic acids is 1. The zero-order chi connectivity index (χ0) is 20.8. The molecule has 1 aromatic heterocycles. The third-order valence-corrected chi connectivity index (χ3v) is 4.91. The van der Waals surface area contributed by atoms with E-state index in [4.69, 9.17) is 5.11 Å². The van der Waals surface area contributed by atoms with Crippen molar-refractivity contribution in [1.82, 2.24) is 15.3 Å². The molecule has 0 aliphatic carbocycles. The number of benzene rings is 1. The normalized spacial score (nSPS) is 15.3. The van der Waals surface area contributed by atoms with Gasteiger partial charge in [0.15, 0.2) is 0 Å². The maximum atomic E-state index is 11.4. The Bertz CT molecular complexity index is 930. The Morgan fingerprint density at radius 3 is 2.87 bits per heavy atom. The van der Waals surface area contributed by atoms with Crippen molar-refractivity contribution in [1.29, 1.82) is 5.26 Å². The van der Waals surface area contributed by atoms with Gasteiger partial charge in [-0.3, -0.25) is 4.79 Å². The van der Waals surface area contributed by atoms with Gasteiger partial charge < -0.3 is 20.6 Å². The first-order chi connectivity index (χ1) is 14.0. The van der Waals surface area contributed by atoms with E-state index >= 15 is 0 Å². The third-order valence-electron chi connectivity index (χ3n) is 4.91. The number of nitrogens with zero attached hydrogens (tertiary/aromatic N) is 4. The second-order valence-corrected chi connectivity index (χ2v) is 7.21. The second-order valence-electron chi connectivity index (χ2n) is 7.21. The molecule has 0 bridgehead atoms. The first-order valence-electron chi connectivity index (χ1n) is 9.83. The van der Waals surface area contributed by atoms with Crippen molar-refractivity contribution >= 4 is 35.8 Å². The number of anilines is 3. The fraction of sp³-hybridized carbons (Fsp3) is 0.429. The average molecular weight is 431 g/mol. The van der Waals surface area contributed by atoms with E-state index in [0.717, 1.165) is 48.6 Å². The van der Waals surface area contributed by atoms with Gasteiger partial charge in [0, 0.05) is 36.6 Å². The summed E-state index contributed by atoms with van der Waals surface area (Å²) in [7, 11) is 0. The van der Waals surface area contributed by atoms with E-state index in [9.17, 15) is 10.1 Å². The van der Waals surface area contributed by atoms with Crippen LogP contribution < -0.4 is 15.5 Å². The minimum Gasteiger partial charge on any atom is -0.387 e. The molecule has 1 fully saturated rings. The predicted molar refractivity (Wildman–Crippen MR) is 118 cm³/mol. The van der Waals surface area contributed by atoms with Crippen LogP contribution in [0.3, 0.4) is 0 Å². The molecule has 1 amide bonds. The summed E-state index contributed by atoms with van der Waals surface area (Å²) in [5, 5.41) is 24.2. The fourth-order valence-corrected chi connectivity index (χ4v) is 3.39. The van der Waals surface area contributed by atoms with Gasteiger partial charge in [0.2, 0.25) is 11.9 Å². The smallest absolute Gasteiger partial charge is 0.245 e. The zero-order valence-corrected chi connectivity index (χ0v) is 18.0. The molecule has 1 aromatic carbocycles. The van der Waals surface area contributed by atoms with Crippen molar-refractivity contribution in [3.8, 4) is 6.07 Å². The Morgan fingerprint density at radius 2 is 2.17 bits per heavy atom. The predicted octanol–water partition coefficient (Wildman–Crippen LogP) is 2.46. The highest BCUT2D eigenvalue weighted by Crippen LogP contribution is 2.24. The van der Waals surface area contributed by atoms with Crippen LogP contribution in [0.25, 0.3) is 0 Å². The molecule has 9 heteroatoms. The molecule has 3 rings (SSSR count). The number of aromatic nitrogens is 2. The summed E-state index contributed by atoms with van der Waals surface area (Å²) in [6, 6.07) is 9.76. The van der Waals surface area contributed by atoms with E-state index in [1.54, 1.807) is 6.07 Å². The first-order valence-corrected chi connectivity index (χ1v) is 9.83. The van der Waals surface area contributed by atoms with E-state index in [1.807, 2.05) is 25.1 Å². The summed E-state index contributed by atoms with van der Waals surface area (Å²) in [6.07, 6.45) is 2.60. The lowest BCUT2D eigenvalue weighted by Crippen LogP contribution is -2.38. The van der Waals surface area contributed by atoms with Gasteiger partial charge in [0.1, 0.15) is 12.4 Å². The van der Waals surface area contributed by atoms with Gasteiger partial charge in [0.25, 0.3) is 0 Å². The average Bonchev–Trinajstić information content (AvgIpc) is 3.18.